The van der Waals surface area contributed by atoms with E-state index in [1.165, 1.54) is 0 Å². The predicted octanol–water partition coefficient (Wildman–Crippen LogP) is 1.85. The number of rotatable bonds is 2. The zero-order chi connectivity index (χ0) is 12.3. The van der Waals surface area contributed by atoms with Gasteiger partial charge in [0.05, 0.1) is 0 Å². The molecule has 0 aliphatic carbocycles. The van der Waals surface area contributed by atoms with E-state index in [2.05, 4.69) is 16.4 Å². The largest absolute Gasteiger partial charge is 0.373 e. The second-order valence-electron chi connectivity index (χ2n) is 4.50. The summed E-state index contributed by atoms with van der Waals surface area (Å²) in [6, 6.07) is 6.02. The third-order valence-corrected chi connectivity index (χ3v) is 3.31. The van der Waals surface area contributed by atoms with E-state index in [1.54, 1.807) is 6.92 Å². The van der Waals surface area contributed by atoms with E-state index in [1.807, 2.05) is 24.1 Å². The minimum absolute atomic E-state index is 0.166. The first-order valence-electron chi connectivity index (χ1n) is 6.11. The Hall–Kier alpha value is -1.58. The van der Waals surface area contributed by atoms with Gasteiger partial charge in [-0.3, -0.25) is 4.79 Å². The van der Waals surface area contributed by atoms with Crippen LogP contribution in [0.25, 0.3) is 0 Å². The predicted molar refractivity (Wildman–Crippen MR) is 68.0 cm³/mol. The summed E-state index contributed by atoms with van der Waals surface area (Å²) >= 11 is 0. The van der Waals surface area contributed by atoms with Crippen molar-refractivity contribution < 1.29 is 4.79 Å². The first-order chi connectivity index (χ1) is 8.20. The lowest BCUT2D eigenvalue weighted by Gasteiger charge is -2.31. The SMILES string of the molecule is CNc1cccc([C@H]2CCCN(C(C)=O)C2)n1. The smallest absolute Gasteiger partial charge is 0.219 e. The van der Waals surface area contributed by atoms with E-state index in [9.17, 15) is 4.79 Å². The highest BCUT2D eigenvalue weighted by Crippen LogP contribution is 2.26. The molecule has 92 valence electrons. The summed E-state index contributed by atoms with van der Waals surface area (Å²) in [5.41, 5.74) is 1.09. The van der Waals surface area contributed by atoms with Crippen LogP contribution in [0, 0.1) is 0 Å². The molecule has 2 rings (SSSR count). The van der Waals surface area contributed by atoms with Crippen molar-refractivity contribution in [1.82, 2.24) is 9.88 Å². The number of nitrogens with one attached hydrogen (secondary N) is 1. The number of likely N-dealkylation sites (tertiary alicyclic amines) is 1. The molecule has 1 aromatic rings. The van der Waals surface area contributed by atoms with Crippen molar-refractivity contribution in [3.63, 3.8) is 0 Å². The van der Waals surface area contributed by atoms with Crippen molar-refractivity contribution in [3.8, 4) is 0 Å². The molecule has 1 aromatic heterocycles. The van der Waals surface area contributed by atoms with Crippen molar-refractivity contribution in [3.05, 3.63) is 23.9 Å². The van der Waals surface area contributed by atoms with Crippen LogP contribution in [-0.2, 0) is 4.79 Å². The fourth-order valence-electron chi connectivity index (χ4n) is 2.32. The Morgan fingerprint density at radius 2 is 2.35 bits per heavy atom. The number of carbonyl (C=O) groups excluding carboxylic acids is 1. The quantitative estimate of drug-likeness (QED) is 0.848. The van der Waals surface area contributed by atoms with E-state index in [0.717, 1.165) is 37.4 Å². The van der Waals surface area contributed by atoms with Gasteiger partial charge in [0.25, 0.3) is 0 Å². The van der Waals surface area contributed by atoms with Gasteiger partial charge in [-0.15, -0.1) is 0 Å². The second kappa shape index (κ2) is 5.17. The van der Waals surface area contributed by atoms with Gasteiger partial charge in [0, 0.05) is 38.7 Å². The van der Waals surface area contributed by atoms with Crippen molar-refractivity contribution in [1.29, 1.82) is 0 Å². The molecule has 17 heavy (non-hydrogen) atoms. The van der Waals surface area contributed by atoms with Crippen LogP contribution < -0.4 is 5.32 Å². The van der Waals surface area contributed by atoms with Crippen LogP contribution in [0.2, 0.25) is 0 Å². The molecule has 0 bridgehead atoms. The topological polar surface area (TPSA) is 45.2 Å². The molecule has 1 fully saturated rings. The molecule has 0 spiro atoms. The molecule has 0 radical (unpaired) electrons. The van der Waals surface area contributed by atoms with Crippen LogP contribution in [0.15, 0.2) is 18.2 Å². The Bertz CT molecular complexity index is 405. The first kappa shape index (κ1) is 11.9. The highest BCUT2D eigenvalue weighted by molar-refractivity contribution is 5.73. The first-order valence-corrected chi connectivity index (χ1v) is 6.11. The van der Waals surface area contributed by atoms with Crippen molar-refractivity contribution in [2.24, 2.45) is 0 Å². The number of pyridine rings is 1. The molecular formula is C13H19N3O. The van der Waals surface area contributed by atoms with Gasteiger partial charge < -0.3 is 10.2 Å². The number of nitrogens with zero attached hydrogens (tertiary/aromatic N) is 2. The Balaban J connectivity index is 2.13. The Kier molecular flexibility index (Phi) is 3.61. The van der Waals surface area contributed by atoms with Crippen LogP contribution in [-0.4, -0.2) is 35.9 Å². The van der Waals surface area contributed by atoms with Crippen LogP contribution >= 0.6 is 0 Å². The number of piperidine rings is 1. The molecule has 0 aromatic carbocycles. The van der Waals surface area contributed by atoms with Crippen molar-refractivity contribution in [2.45, 2.75) is 25.7 Å². The van der Waals surface area contributed by atoms with Crippen LogP contribution in [0.1, 0.15) is 31.4 Å². The number of aromatic nitrogens is 1. The van der Waals surface area contributed by atoms with Crippen LogP contribution in [0.3, 0.4) is 0 Å². The van der Waals surface area contributed by atoms with Gasteiger partial charge in [0.15, 0.2) is 0 Å². The van der Waals surface area contributed by atoms with E-state index >= 15 is 0 Å². The minimum atomic E-state index is 0.166. The van der Waals surface area contributed by atoms with E-state index in [-0.39, 0.29) is 5.91 Å². The number of anilines is 1. The van der Waals surface area contributed by atoms with Gasteiger partial charge >= 0.3 is 0 Å². The average Bonchev–Trinajstić information content (AvgIpc) is 2.39. The number of hydrogen-bond acceptors (Lipinski definition) is 3. The lowest BCUT2D eigenvalue weighted by molar-refractivity contribution is -0.130. The molecule has 1 aliphatic heterocycles. The average molecular weight is 233 g/mol. The molecule has 0 unspecified atom stereocenters. The zero-order valence-corrected chi connectivity index (χ0v) is 10.4. The summed E-state index contributed by atoms with van der Waals surface area (Å²) in [7, 11) is 1.87. The number of hydrogen-bond donors (Lipinski definition) is 1. The van der Waals surface area contributed by atoms with Gasteiger partial charge in [-0.2, -0.15) is 0 Å². The molecule has 1 N–H and O–H groups in total. The summed E-state index contributed by atoms with van der Waals surface area (Å²) in [6.45, 7) is 3.33. The Morgan fingerprint density at radius 1 is 1.53 bits per heavy atom. The monoisotopic (exact) mass is 233 g/mol. The molecule has 1 atom stereocenters. The molecule has 1 amide bonds. The molecular weight excluding hydrogens is 214 g/mol. The van der Waals surface area contributed by atoms with Crippen LogP contribution in [0.4, 0.5) is 5.82 Å². The number of amides is 1. The van der Waals surface area contributed by atoms with E-state index < -0.39 is 0 Å². The van der Waals surface area contributed by atoms with E-state index in [0.29, 0.717) is 5.92 Å². The fraction of sp³-hybridized carbons (Fsp3) is 0.538. The maximum Gasteiger partial charge on any atom is 0.219 e. The van der Waals surface area contributed by atoms with Crippen molar-refractivity contribution in [2.75, 3.05) is 25.5 Å². The standard InChI is InChI=1S/C13H19N3O/c1-10(17)16-8-4-5-11(9-16)12-6-3-7-13(14-2)15-12/h3,6-7,11H,4-5,8-9H2,1-2H3,(H,14,15)/t11-/m0/s1. The second-order valence-corrected chi connectivity index (χ2v) is 4.50. The highest BCUT2D eigenvalue weighted by Gasteiger charge is 2.23. The summed E-state index contributed by atoms with van der Waals surface area (Å²) in [6.07, 6.45) is 2.18. The molecule has 1 saturated heterocycles. The molecule has 4 heteroatoms. The van der Waals surface area contributed by atoms with Gasteiger partial charge in [-0.25, -0.2) is 4.98 Å². The lowest BCUT2D eigenvalue weighted by atomic mass is 9.94. The van der Waals surface area contributed by atoms with E-state index in [4.69, 9.17) is 0 Å². The fourth-order valence-corrected chi connectivity index (χ4v) is 2.32. The lowest BCUT2D eigenvalue weighted by Crippen LogP contribution is -2.37. The van der Waals surface area contributed by atoms with Gasteiger partial charge in [0.2, 0.25) is 5.91 Å². The van der Waals surface area contributed by atoms with Crippen molar-refractivity contribution >= 4 is 11.7 Å². The minimum Gasteiger partial charge on any atom is -0.373 e. The summed E-state index contributed by atoms with van der Waals surface area (Å²) in [5, 5.41) is 3.05. The Labute approximate surface area is 102 Å². The zero-order valence-electron chi connectivity index (χ0n) is 10.4. The third kappa shape index (κ3) is 2.75. The highest BCUT2D eigenvalue weighted by atomic mass is 16.2. The third-order valence-electron chi connectivity index (χ3n) is 3.31. The summed E-state index contributed by atoms with van der Waals surface area (Å²) in [5.74, 6) is 1.43. The van der Waals surface area contributed by atoms with Gasteiger partial charge in [0.1, 0.15) is 5.82 Å². The Morgan fingerprint density at radius 3 is 3.06 bits per heavy atom. The van der Waals surface area contributed by atoms with Gasteiger partial charge in [-0.05, 0) is 25.0 Å². The van der Waals surface area contributed by atoms with Gasteiger partial charge in [-0.1, -0.05) is 6.07 Å². The molecule has 2 heterocycles. The molecule has 4 nitrogen and oxygen atoms in total. The molecule has 0 saturated carbocycles. The summed E-state index contributed by atoms with van der Waals surface area (Å²) < 4.78 is 0. The normalized spacial score (nSPS) is 20.1. The van der Waals surface area contributed by atoms with Crippen LogP contribution in [0.5, 0.6) is 0 Å². The maximum atomic E-state index is 11.4. The number of carbonyl (C=O) groups is 1. The maximum absolute atomic E-state index is 11.4. The summed E-state index contributed by atoms with van der Waals surface area (Å²) in [4.78, 5) is 17.9. The molecule has 1 aliphatic rings.